The first-order valence-corrected chi connectivity index (χ1v) is 12.8. The second-order valence-electron chi connectivity index (χ2n) is 9.18. The lowest BCUT2D eigenvalue weighted by atomic mass is 9.97. The van der Waals surface area contributed by atoms with Crippen molar-refractivity contribution in [3.8, 4) is 5.75 Å². The Kier molecular flexibility index (Phi) is 16.1. The third-order valence-electron chi connectivity index (χ3n) is 5.56. The maximum atomic E-state index is 12.7. The molecule has 6 heteroatoms. The Hall–Kier alpha value is -3.64. The van der Waals surface area contributed by atoms with E-state index in [1.54, 1.807) is 32.9 Å². The molecule has 0 aliphatic carbocycles. The average molecular weight is 541 g/mol. The van der Waals surface area contributed by atoms with E-state index in [4.69, 9.17) is 0 Å². The molecule has 0 amide bonds. The van der Waals surface area contributed by atoms with Crippen LogP contribution in [-0.2, 0) is 22.4 Å². The molecule has 39 heavy (non-hydrogen) atoms. The lowest BCUT2D eigenvalue weighted by molar-refractivity contribution is -0.159. The Bertz CT molecular complexity index is 1200. The molecular formula is C33H42F2O4. The monoisotopic (exact) mass is 540 g/mol. The number of carbonyl (C=O) groups is 2. The maximum absolute atomic E-state index is 12.7. The third kappa shape index (κ3) is 14.8. The van der Waals surface area contributed by atoms with Gasteiger partial charge in [-0.05, 0) is 81.8 Å². The molecule has 0 atom stereocenters. The summed E-state index contributed by atoms with van der Waals surface area (Å²) in [6.45, 7) is 11.5. The standard InChI is InChI=1S/C14H16F2O2.C12H16O.C7H8.H2O/c1-5-12(10(3)17)13-7-6-11(8-9(13)2)18-14(4,15)16;1-3-11-5-4-6-12(9-11)8-7-10(2)13;1-7-5-3-2-4-6-7;/h5-8H,1-4H3;4-6,9H,3,7-8H2,1-2H3;2-6H,1H3;1H2/b12-5-;;;. The van der Waals surface area contributed by atoms with E-state index in [0.717, 1.165) is 24.0 Å². The molecule has 0 saturated heterocycles. The Balaban J connectivity index is 0.000000599. The van der Waals surface area contributed by atoms with E-state index in [2.05, 4.69) is 55.0 Å². The number of hydrogen-bond donors (Lipinski definition) is 0. The summed E-state index contributed by atoms with van der Waals surface area (Å²) < 4.78 is 29.9. The predicted octanol–water partition coefficient (Wildman–Crippen LogP) is 7.92. The molecule has 0 saturated carbocycles. The largest absolute Gasteiger partial charge is 0.433 e. The number of halogens is 2. The summed E-state index contributed by atoms with van der Waals surface area (Å²) in [6.07, 6.45) is 1.10. The number of carbonyl (C=O) groups excluding carboxylic acids is 2. The van der Waals surface area contributed by atoms with Crippen molar-refractivity contribution in [3.63, 3.8) is 0 Å². The summed E-state index contributed by atoms with van der Waals surface area (Å²) in [4.78, 5) is 22.2. The van der Waals surface area contributed by atoms with Crippen LogP contribution in [0.4, 0.5) is 8.78 Å². The number of allylic oxidation sites excluding steroid dienone is 2. The Labute approximate surface area is 232 Å². The molecule has 3 aromatic rings. The molecule has 0 heterocycles. The van der Waals surface area contributed by atoms with Crippen molar-refractivity contribution in [2.75, 3.05) is 0 Å². The molecule has 0 aliphatic heterocycles. The summed E-state index contributed by atoms with van der Waals surface area (Å²) in [5, 5.41) is 0. The minimum absolute atomic E-state index is 0. The highest BCUT2D eigenvalue weighted by Gasteiger charge is 2.23. The van der Waals surface area contributed by atoms with E-state index in [0.29, 0.717) is 18.9 Å². The van der Waals surface area contributed by atoms with Crippen LogP contribution < -0.4 is 4.74 Å². The third-order valence-corrected chi connectivity index (χ3v) is 5.56. The zero-order chi connectivity index (χ0) is 28.7. The predicted molar refractivity (Wildman–Crippen MR) is 156 cm³/mol. The van der Waals surface area contributed by atoms with E-state index in [-0.39, 0.29) is 22.8 Å². The molecule has 0 radical (unpaired) electrons. The highest BCUT2D eigenvalue weighted by molar-refractivity contribution is 6.19. The van der Waals surface area contributed by atoms with Crippen molar-refractivity contribution >= 4 is 17.1 Å². The fourth-order valence-corrected chi connectivity index (χ4v) is 3.62. The molecule has 0 aliphatic rings. The molecule has 0 bridgehead atoms. The average Bonchev–Trinajstić information content (AvgIpc) is 2.85. The molecule has 212 valence electrons. The van der Waals surface area contributed by atoms with E-state index >= 15 is 0 Å². The van der Waals surface area contributed by atoms with Crippen LogP contribution >= 0.6 is 0 Å². The van der Waals surface area contributed by atoms with Crippen molar-refractivity contribution < 1.29 is 28.6 Å². The van der Waals surface area contributed by atoms with E-state index in [1.165, 1.54) is 35.7 Å². The Morgan fingerprint density at radius 3 is 1.95 bits per heavy atom. The van der Waals surface area contributed by atoms with E-state index < -0.39 is 6.11 Å². The first-order chi connectivity index (χ1) is 17.9. The number of alkyl halides is 2. The number of benzene rings is 3. The van der Waals surface area contributed by atoms with Gasteiger partial charge in [-0.2, -0.15) is 8.78 Å². The topological polar surface area (TPSA) is 74.9 Å². The van der Waals surface area contributed by atoms with Crippen LogP contribution in [0.5, 0.6) is 5.75 Å². The fourth-order valence-electron chi connectivity index (χ4n) is 3.62. The summed E-state index contributed by atoms with van der Waals surface area (Å²) >= 11 is 0. The molecular weight excluding hydrogens is 498 g/mol. The number of ether oxygens (including phenoxy) is 1. The zero-order valence-corrected chi connectivity index (χ0v) is 24.1. The van der Waals surface area contributed by atoms with Crippen molar-refractivity contribution in [2.24, 2.45) is 0 Å². The van der Waals surface area contributed by atoms with Gasteiger partial charge in [0.05, 0.1) is 0 Å². The van der Waals surface area contributed by atoms with Crippen molar-refractivity contribution in [3.05, 3.63) is 107 Å². The van der Waals surface area contributed by atoms with Gasteiger partial charge in [0.2, 0.25) is 0 Å². The molecule has 2 N–H and O–H groups in total. The van der Waals surface area contributed by atoms with Gasteiger partial charge in [-0.1, -0.05) is 79.2 Å². The van der Waals surface area contributed by atoms with Gasteiger partial charge in [-0.25, -0.2) is 0 Å². The number of hydrogen-bond acceptors (Lipinski definition) is 3. The van der Waals surface area contributed by atoms with Gasteiger partial charge in [0, 0.05) is 18.9 Å². The van der Waals surface area contributed by atoms with Crippen LogP contribution in [0, 0.1) is 13.8 Å². The maximum Gasteiger partial charge on any atom is 0.394 e. The number of rotatable bonds is 8. The SMILES string of the molecule is C/C=C(/C(C)=O)c1ccc(OC(C)(F)F)cc1C.CCc1cccc(CCC(C)=O)c1.Cc1ccccc1.O. The van der Waals surface area contributed by atoms with Crippen LogP contribution in [0.2, 0.25) is 0 Å². The van der Waals surface area contributed by atoms with Crippen LogP contribution in [0.3, 0.4) is 0 Å². The number of aryl methyl sites for hydroxylation is 4. The summed E-state index contributed by atoms with van der Waals surface area (Å²) in [6, 6.07) is 23.3. The number of Topliss-reactive ketones (excluding diaryl/α,β-unsaturated/α-hetero) is 2. The smallest absolute Gasteiger partial charge is 0.394 e. The molecule has 0 unspecified atom stereocenters. The van der Waals surface area contributed by atoms with Gasteiger partial charge in [0.25, 0.3) is 0 Å². The van der Waals surface area contributed by atoms with E-state index in [9.17, 15) is 18.4 Å². The quantitative estimate of drug-likeness (QED) is 0.272. The molecule has 0 spiro atoms. The van der Waals surface area contributed by atoms with Gasteiger partial charge in [0.15, 0.2) is 5.78 Å². The molecule has 0 aromatic heterocycles. The second kappa shape index (κ2) is 17.8. The number of ketones is 2. The fraction of sp³-hybridized carbons (Fsp3) is 0.333. The minimum Gasteiger partial charge on any atom is -0.433 e. The molecule has 3 rings (SSSR count). The highest BCUT2D eigenvalue weighted by atomic mass is 19.3. The van der Waals surface area contributed by atoms with Crippen molar-refractivity contribution in [1.29, 1.82) is 0 Å². The minimum atomic E-state index is -3.21. The van der Waals surface area contributed by atoms with Crippen molar-refractivity contribution in [1.82, 2.24) is 0 Å². The first kappa shape index (κ1) is 35.4. The summed E-state index contributed by atoms with van der Waals surface area (Å²) in [5.41, 5.74) is 5.97. The molecule has 0 fully saturated rings. The summed E-state index contributed by atoms with van der Waals surface area (Å²) in [5.74, 6) is 0.291. The van der Waals surface area contributed by atoms with Crippen LogP contribution in [0.25, 0.3) is 5.57 Å². The van der Waals surface area contributed by atoms with Crippen molar-refractivity contribution in [2.45, 2.75) is 73.8 Å². The molecule has 4 nitrogen and oxygen atoms in total. The van der Waals surface area contributed by atoms with Gasteiger partial charge >= 0.3 is 6.11 Å². The zero-order valence-electron chi connectivity index (χ0n) is 24.1. The van der Waals surface area contributed by atoms with Crippen LogP contribution in [-0.4, -0.2) is 23.2 Å². The van der Waals surface area contributed by atoms with Gasteiger partial charge in [-0.15, -0.1) is 0 Å². The lowest BCUT2D eigenvalue weighted by Gasteiger charge is -2.15. The Morgan fingerprint density at radius 1 is 0.897 bits per heavy atom. The van der Waals surface area contributed by atoms with Gasteiger partial charge < -0.3 is 15.0 Å². The highest BCUT2D eigenvalue weighted by Crippen LogP contribution is 2.27. The van der Waals surface area contributed by atoms with Crippen LogP contribution in [0.1, 0.15) is 68.9 Å². The first-order valence-electron chi connectivity index (χ1n) is 12.8. The van der Waals surface area contributed by atoms with Gasteiger partial charge in [0.1, 0.15) is 11.5 Å². The second-order valence-corrected chi connectivity index (χ2v) is 9.18. The van der Waals surface area contributed by atoms with Gasteiger partial charge in [-0.3, -0.25) is 4.79 Å². The summed E-state index contributed by atoms with van der Waals surface area (Å²) in [7, 11) is 0. The van der Waals surface area contributed by atoms with Crippen LogP contribution in [0.15, 0.2) is 78.9 Å². The molecule has 3 aromatic carbocycles. The lowest BCUT2D eigenvalue weighted by Crippen LogP contribution is -2.19. The Morgan fingerprint density at radius 2 is 1.51 bits per heavy atom. The van der Waals surface area contributed by atoms with E-state index in [1.807, 2.05) is 18.2 Å². The normalized spacial score (nSPS) is 10.6.